The average Bonchev–Trinajstić information content (AvgIpc) is 2.70. The second-order valence-electron chi connectivity index (χ2n) is 5.87. The van der Waals surface area contributed by atoms with Crippen LogP contribution < -0.4 is 23.7 Å². The molecule has 0 saturated carbocycles. The van der Waals surface area contributed by atoms with E-state index in [1.54, 1.807) is 35.5 Å². The molecular weight excluding hydrogens is 336 g/mol. The summed E-state index contributed by atoms with van der Waals surface area (Å²) in [4.78, 5) is 0. The van der Waals surface area contributed by atoms with Gasteiger partial charge in [-0.25, -0.2) is 0 Å². The van der Waals surface area contributed by atoms with E-state index in [-0.39, 0.29) is 6.10 Å². The molecule has 1 aliphatic rings. The highest BCUT2D eigenvalue weighted by Crippen LogP contribution is 2.44. The van der Waals surface area contributed by atoms with Gasteiger partial charge in [-0.3, -0.25) is 0 Å². The van der Waals surface area contributed by atoms with Crippen molar-refractivity contribution in [3.63, 3.8) is 0 Å². The molecule has 2 aromatic carbocycles. The topological polar surface area (TPSA) is 55.4 Å². The molecule has 0 aromatic heterocycles. The maximum atomic E-state index is 6.09. The van der Waals surface area contributed by atoms with Crippen molar-refractivity contribution in [2.75, 3.05) is 42.2 Å². The van der Waals surface area contributed by atoms with Crippen LogP contribution in [0.25, 0.3) is 0 Å². The number of ether oxygens (including phenoxy) is 6. The van der Waals surface area contributed by atoms with E-state index in [1.165, 1.54) is 5.56 Å². The molecule has 0 bridgehead atoms. The summed E-state index contributed by atoms with van der Waals surface area (Å²) in [5.74, 6) is 3.14. The fourth-order valence-electron chi connectivity index (χ4n) is 3.30. The van der Waals surface area contributed by atoms with E-state index in [1.807, 2.05) is 24.3 Å². The first kappa shape index (κ1) is 18.2. The molecule has 0 aliphatic carbocycles. The fraction of sp³-hybridized carbons (Fsp3) is 0.400. The van der Waals surface area contributed by atoms with Crippen LogP contribution in [-0.2, 0) is 11.2 Å². The summed E-state index contributed by atoms with van der Waals surface area (Å²) in [6.07, 6.45) is 0.559. The van der Waals surface area contributed by atoms with Crippen molar-refractivity contribution in [1.29, 1.82) is 0 Å². The highest BCUT2D eigenvalue weighted by molar-refractivity contribution is 5.57. The number of rotatable bonds is 6. The largest absolute Gasteiger partial charge is 0.493 e. The number of methoxy groups -OCH3 is 5. The van der Waals surface area contributed by atoms with Gasteiger partial charge in [-0.2, -0.15) is 0 Å². The van der Waals surface area contributed by atoms with Crippen LogP contribution in [0, 0.1) is 0 Å². The Labute approximate surface area is 153 Å². The van der Waals surface area contributed by atoms with Crippen LogP contribution in [0.2, 0.25) is 0 Å². The number of fused-ring (bicyclic) bond motifs is 1. The van der Waals surface area contributed by atoms with Gasteiger partial charge in [0.25, 0.3) is 0 Å². The van der Waals surface area contributed by atoms with Gasteiger partial charge in [-0.05, 0) is 47.4 Å². The lowest BCUT2D eigenvalue weighted by Gasteiger charge is -2.28. The molecular formula is C20H24O6. The lowest BCUT2D eigenvalue weighted by atomic mass is 9.92. The van der Waals surface area contributed by atoms with Gasteiger partial charge >= 0.3 is 0 Å². The summed E-state index contributed by atoms with van der Waals surface area (Å²) in [7, 11) is 8.06. The molecule has 0 radical (unpaired) electrons. The minimum absolute atomic E-state index is 0.257. The molecule has 6 nitrogen and oxygen atoms in total. The maximum Gasteiger partial charge on any atom is 0.203 e. The van der Waals surface area contributed by atoms with E-state index >= 15 is 0 Å². The standard InChI is InChI=1S/C20H24O6/c1-21-15-8-12-6-7-26-19(14(12)11-16(15)22-2)13-9-17(23-3)20(25-5)18(10-13)24-4/h8-11,19H,6-7H2,1-5H3/t19-/m0/s1. The third kappa shape index (κ3) is 3.12. The fourth-order valence-corrected chi connectivity index (χ4v) is 3.30. The summed E-state index contributed by atoms with van der Waals surface area (Å²) in [5, 5.41) is 0. The highest BCUT2D eigenvalue weighted by Gasteiger charge is 2.27. The van der Waals surface area contributed by atoms with Crippen molar-refractivity contribution >= 4 is 0 Å². The molecule has 0 fully saturated rings. The minimum Gasteiger partial charge on any atom is -0.493 e. The summed E-state index contributed by atoms with van der Waals surface area (Å²) >= 11 is 0. The predicted octanol–water partition coefficient (Wildman–Crippen LogP) is 3.39. The van der Waals surface area contributed by atoms with Crippen molar-refractivity contribution in [2.24, 2.45) is 0 Å². The molecule has 3 rings (SSSR count). The van der Waals surface area contributed by atoms with E-state index in [0.29, 0.717) is 29.6 Å². The molecule has 6 heteroatoms. The average molecular weight is 360 g/mol. The first-order valence-corrected chi connectivity index (χ1v) is 8.33. The van der Waals surface area contributed by atoms with E-state index in [2.05, 4.69) is 0 Å². The molecule has 0 unspecified atom stereocenters. The maximum absolute atomic E-state index is 6.09. The zero-order chi connectivity index (χ0) is 18.7. The van der Waals surface area contributed by atoms with Crippen LogP contribution in [0.3, 0.4) is 0 Å². The van der Waals surface area contributed by atoms with Crippen molar-refractivity contribution in [3.05, 3.63) is 41.0 Å². The Morgan fingerprint density at radius 1 is 0.731 bits per heavy atom. The van der Waals surface area contributed by atoms with Gasteiger partial charge in [0.1, 0.15) is 6.10 Å². The van der Waals surface area contributed by atoms with Crippen LogP contribution in [0.1, 0.15) is 22.8 Å². The van der Waals surface area contributed by atoms with E-state index in [4.69, 9.17) is 28.4 Å². The smallest absolute Gasteiger partial charge is 0.203 e. The zero-order valence-electron chi connectivity index (χ0n) is 15.8. The molecule has 1 heterocycles. The van der Waals surface area contributed by atoms with Crippen molar-refractivity contribution in [1.82, 2.24) is 0 Å². The van der Waals surface area contributed by atoms with Crippen LogP contribution >= 0.6 is 0 Å². The molecule has 140 valence electrons. The lowest BCUT2D eigenvalue weighted by Crippen LogP contribution is -2.18. The molecule has 26 heavy (non-hydrogen) atoms. The molecule has 0 saturated heterocycles. The SMILES string of the molecule is COc1cc2c(cc1OC)[C@H](c1cc(OC)c(OC)c(OC)c1)OCC2. The number of benzene rings is 2. The Balaban J connectivity index is 2.12. The molecule has 0 amide bonds. The first-order valence-electron chi connectivity index (χ1n) is 8.33. The van der Waals surface area contributed by atoms with E-state index in [0.717, 1.165) is 23.3 Å². The van der Waals surface area contributed by atoms with Crippen LogP contribution in [-0.4, -0.2) is 42.2 Å². The van der Waals surface area contributed by atoms with Crippen molar-refractivity contribution in [2.45, 2.75) is 12.5 Å². The van der Waals surface area contributed by atoms with Gasteiger partial charge in [0.05, 0.1) is 42.2 Å². The Bertz CT molecular complexity index is 761. The Morgan fingerprint density at radius 3 is 1.85 bits per heavy atom. The molecule has 2 aromatic rings. The van der Waals surface area contributed by atoms with E-state index < -0.39 is 0 Å². The Morgan fingerprint density at radius 2 is 1.31 bits per heavy atom. The third-order valence-corrected chi connectivity index (χ3v) is 4.57. The van der Waals surface area contributed by atoms with E-state index in [9.17, 15) is 0 Å². The first-order chi connectivity index (χ1) is 12.7. The Hall–Kier alpha value is -2.60. The molecule has 1 atom stereocenters. The van der Waals surface area contributed by atoms with Gasteiger partial charge in [0.2, 0.25) is 5.75 Å². The zero-order valence-corrected chi connectivity index (χ0v) is 15.8. The Kier molecular flexibility index (Phi) is 5.42. The monoisotopic (exact) mass is 360 g/mol. The molecule has 0 spiro atoms. The predicted molar refractivity (Wildman–Crippen MR) is 97.1 cm³/mol. The van der Waals surface area contributed by atoms with Crippen molar-refractivity contribution in [3.8, 4) is 28.7 Å². The summed E-state index contributed by atoms with van der Waals surface area (Å²) in [6, 6.07) is 7.82. The molecule has 1 aliphatic heterocycles. The van der Waals surface area contributed by atoms with Crippen molar-refractivity contribution < 1.29 is 28.4 Å². The lowest BCUT2D eigenvalue weighted by molar-refractivity contribution is 0.0691. The second-order valence-corrected chi connectivity index (χ2v) is 5.87. The summed E-state index contributed by atoms with van der Waals surface area (Å²) in [6.45, 7) is 0.615. The summed E-state index contributed by atoms with van der Waals surface area (Å²) < 4.78 is 33.3. The minimum atomic E-state index is -0.257. The number of hydrogen-bond acceptors (Lipinski definition) is 6. The van der Waals surface area contributed by atoms with Gasteiger partial charge in [0, 0.05) is 0 Å². The van der Waals surface area contributed by atoms with Gasteiger partial charge in [0.15, 0.2) is 23.0 Å². The third-order valence-electron chi connectivity index (χ3n) is 4.57. The highest BCUT2D eigenvalue weighted by atomic mass is 16.5. The normalized spacial score (nSPS) is 15.8. The van der Waals surface area contributed by atoms with Gasteiger partial charge in [-0.1, -0.05) is 0 Å². The molecule has 0 N–H and O–H groups in total. The van der Waals surface area contributed by atoms with Crippen LogP contribution in [0.5, 0.6) is 28.7 Å². The number of hydrogen-bond donors (Lipinski definition) is 0. The second kappa shape index (κ2) is 7.74. The van der Waals surface area contributed by atoms with Crippen LogP contribution in [0.15, 0.2) is 24.3 Å². The van der Waals surface area contributed by atoms with Gasteiger partial charge in [-0.15, -0.1) is 0 Å². The van der Waals surface area contributed by atoms with Crippen LogP contribution in [0.4, 0.5) is 0 Å². The summed E-state index contributed by atoms with van der Waals surface area (Å²) in [5.41, 5.74) is 3.14. The van der Waals surface area contributed by atoms with Gasteiger partial charge < -0.3 is 28.4 Å². The quantitative estimate of drug-likeness (QED) is 0.787.